The quantitative estimate of drug-likeness (QED) is 0.644. The average Bonchev–Trinajstić information content (AvgIpc) is 2.63. The van der Waals surface area contributed by atoms with Crippen molar-refractivity contribution in [1.82, 2.24) is 0 Å². The topological polar surface area (TPSA) is 51.0 Å². The Kier molecular flexibility index (Phi) is 2.98. The molecule has 0 aromatic carbocycles. The van der Waals surface area contributed by atoms with Crippen LogP contribution < -0.4 is 0 Å². The lowest BCUT2D eigenvalue weighted by Crippen LogP contribution is -2.06. The van der Waals surface area contributed by atoms with Crippen LogP contribution in [0.25, 0.3) is 0 Å². The molecule has 2 aliphatic rings. The molecule has 0 amide bonds. The van der Waals surface area contributed by atoms with E-state index in [9.17, 15) is 4.79 Å². The minimum atomic E-state index is 0.0973. The van der Waals surface area contributed by atoms with E-state index < -0.39 is 0 Å². The van der Waals surface area contributed by atoms with Crippen molar-refractivity contribution in [2.75, 3.05) is 5.75 Å². The highest BCUT2D eigenvalue weighted by atomic mass is 32.2. The third-order valence-electron chi connectivity index (χ3n) is 1.92. The maximum Gasteiger partial charge on any atom is 0.145 e. The van der Waals surface area contributed by atoms with Crippen LogP contribution in [0.1, 0.15) is 6.42 Å². The van der Waals surface area contributed by atoms with E-state index in [-0.39, 0.29) is 17.1 Å². The highest BCUT2D eigenvalue weighted by Gasteiger charge is 2.21. The molecular weight excluding hydrogens is 200 g/mol. The third-order valence-corrected chi connectivity index (χ3v) is 3.08. The summed E-state index contributed by atoms with van der Waals surface area (Å²) in [6.07, 6.45) is 7.43. The van der Waals surface area contributed by atoms with Gasteiger partial charge in [-0.1, -0.05) is 5.16 Å². The molecule has 4 nitrogen and oxygen atoms in total. The van der Waals surface area contributed by atoms with Gasteiger partial charge in [-0.2, -0.15) is 0 Å². The van der Waals surface area contributed by atoms with Gasteiger partial charge in [0.25, 0.3) is 0 Å². The molecule has 0 aromatic rings. The maximum absolute atomic E-state index is 10.9. The van der Waals surface area contributed by atoms with Crippen LogP contribution in [0.15, 0.2) is 22.5 Å². The molecule has 0 saturated carbocycles. The molecule has 2 heterocycles. The van der Waals surface area contributed by atoms with Gasteiger partial charge in [0.05, 0.1) is 17.9 Å². The summed E-state index contributed by atoms with van der Waals surface area (Å²) < 4.78 is 0. The van der Waals surface area contributed by atoms with Crippen molar-refractivity contribution in [3.8, 4) is 0 Å². The normalized spacial score (nSPS) is 31.3. The lowest BCUT2D eigenvalue weighted by molar-refractivity contribution is -0.116. The van der Waals surface area contributed by atoms with Crippen LogP contribution in [0.3, 0.4) is 0 Å². The van der Waals surface area contributed by atoms with Crippen LogP contribution in [0.4, 0.5) is 0 Å². The standard InChI is InChI=1S/C9H10N2O2S/c12-8-3-9(14-6-8)10-4-7-1-2-13-11-5-7/h1-2,4-5,7,9H,3,6H2. The van der Waals surface area contributed by atoms with Crippen LogP contribution in [-0.2, 0) is 9.63 Å². The van der Waals surface area contributed by atoms with E-state index in [2.05, 4.69) is 15.0 Å². The minimum Gasteiger partial charge on any atom is -0.365 e. The number of aliphatic imine (C=N–C) groups is 1. The second-order valence-electron chi connectivity index (χ2n) is 3.07. The van der Waals surface area contributed by atoms with Gasteiger partial charge in [-0.15, -0.1) is 11.8 Å². The van der Waals surface area contributed by atoms with Crippen LogP contribution in [0.2, 0.25) is 0 Å². The molecule has 74 valence electrons. The van der Waals surface area contributed by atoms with Crippen LogP contribution >= 0.6 is 11.8 Å². The smallest absolute Gasteiger partial charge is 0.145 e. The van der Waals surface area contributed by atoms with Crippen molar-refractivity contribution in [3.05, 3.63) is 12.3 Å². The number of carbonyl (C=O) groups excluding carboxylic acids is 1. The van der Waals surface area contributed by atoms with Crippen molar-refractivity contribution < 1.29 is 9.63 Å². The average molecular weight is 210 g/mol. The van der Waals surface area contributed by atoms with Gasteiger partial charge < -0.3 is 4.84 Å². The molecule has 1 fully saturated rings. The lowest BCUT2D eigenvalue weighted by Gasteiger charge is -2.04. The summed E-state index contributed by atoms with van der Waals surface area (Å²) in [5.74, 6) is 0.980. The Bertz CT molecular complexity index is 300. The van der Waals surface area contributed by atoms with E-state index in [0.717, 1.165) is 0 Å². The fraction of sp³-hybridized carbons (Fsp3) is 0.444. The van der Waals surface area contributed by atoms with Gasteiger partial charge in [0.15, 0.2) is 0 Å². The Hall–Kier alpha value is -1.10. The zero-order valence-electron chi connectivity index (χ0n) is 7.50. The molecular formula is C9H10N2O2S. The summed E-state index contributed by atoms with van der Waals surface area (Å²) in [6.45, 7) is 0. The highest BCUT2D eigenvalue weighted by molar-refractivity contribution is 8.01. The summed E-state index contributed by atoms with van der Waals surface area (Å²) >= 11 is 1.59. The van der Waals surface area contributed by atoms with Crippen molar-refractivity contribution >= 4 is 30.0 Å². The Labute approximate surface area is 86.1 Å². The molecule has 0 bridgehead atoms. The number of hydrogen-bond acceptors (Lipinski definition) is 5. The molecule has 0 aliphatic carbocycles. The van der Waals surface area contributed by atoms with E-state index >= 15 is 0 Å². The first kappa shape index (κ1) is 9.45. The number of ketones is 1. The summed E-state index contributed by atoms with van der Waals surface area (Å²) in [5, 5.41) is 3.75. The summed E-state index contributed by atoms with van der Waals surface area (Å²) in [4.78, 5) is 19.9. The third kappa shape index (κ3) is 2.45. The van der Waals surface area contributed by atoms with E-state index in [1.807, 2.05) is 6.08 Å². The Morgan fingerprint density at radius 2 is 2.64 bits per heavy atom. The largest absolute Gasteiger partial charge is 0.365 e. The molecule has 0 N–H and O–H groups in total. The van der Waals surface area contributed by atoms with Crippen molar-refractivity contribution in [2.24, 2.45) is 16.1 Å². The first-order valence-corrected chi connectivity index (χ1v) is 5.42. The summed E-state index contributed by atoms with van der Waals surface area (Å²) in [6, 6.07) is 0. The molecule has 14 heavy (non-hydrogen) atoms. The van der Waals surface area contributed by atoms with Gasteiger partial charge in [-0.3, -0.25) is 9.79 Å². The number of carbonyl (C=O) groups is 1. The number of oxime groups is 1. The van der Waals surface area contributed by atoms with E-state index in [1.165, 1.54) is 6.26 Å². The highest BCUT2D eigenvalue weighted by Crippen LogP contribution is 2.24. The summed E-state index contributed by atoms with van der Waals surface area (Å²) in [7, 11) is 0. The van der Waals surface area contributed by atoms with Crippen molar-refractivity contribution in [1.29, 1.82) is 0 Å². The van der Waals surface area contributed by atoms with Gasteiger partial charge in [0.2, 0.25) is 0 Å². The number of rotatable bonds is 2. The SMILES string of the molecule is O=C1CSC(N=CC2C=CON=C2)C1. The second kappa shape index (κ2) is 4.41. The Morgan fingerprint density at radius 3 is 3.29 bits per heavy atom. The number of nitrogens with zero attached hydrogens (tertiary/aromatic N) is 2. The molecule has 5 heteroatoms. The monoisotopic (exact) mass is 210 g/mol. The fourth-order valence-electron chi connectivity index (χ4n) is 1.20. The van der Waals surface area contributed by atoms with Gasteiger partial charge in [-0.25, -0.2) is 0 Å². The molecule has 2 rings (SSSR count). The van der Waals surface area contributed by atoms with Crippen molar-refractivity contribution in [3.63, 3.8) is 0 Å². The fourth-order valence-corrected chi connectivity index (χ4v) is 2.15. The molecule has 2 aliphatic heterocycles. The van der Waals surface area contributed by atoms with E-state index in [1.54, 1.807) is 24.2 Å². The molecule has 1 saturated heterocycles. The van der Waals surface area contributed by atoms with Crippen LogP contribution in [-0.4, -0.2) is 29.3 Å². The first-order valence-electron chi connectivity index (χ1n) is 4.37. The van der Waals surface area contributed by atoms with Crippen LogP contribution in [0, 0.1) is 5.92 Å². The zero-order valence-corrected chi connectivity index (χ0v) is 8.31. The lowest BCUT2D eigenvalue weighted by atomic mass is 10.2. The predicted molar refractivity (Wildman–Crippen MR) is 56.6 cm³/mol. The van der Waals surface area contributed by atoms with Crippen molar-refractivity contribution in [2.45, 2.75) is 11.8 Å². The number of thioether (sulfide) groups is 1. The van der Waals surface area contributed by atoms with Gasteiger partial charge in [0.1, 0.15) is 17.4 Å². The Balaban J connectivity index is 1.87. The Morgan fingerprint density at radius 1 is 1.71 bits per heavy atom. The molecule has 0 spiro atoms. The predicted octanol–water partition coefficient (Wildman–Crippen LogP) is 1.24. The maximum atomic E-state index is 10.9. The molecule has 2 unspecified atom stereocenters. The number of allylic oxidation sites excluding steroid dienone is 1. The molecule has 0 aromatic heterocycles. The molecule has 2 atom stereocenters. The minimum absolute atomic E-state index is 0.0973. The zero-order chi connectivity index (χ0) is 9.80. The summed E-state index contributed by atoms with van der Waals surface area (Å²) in [5.41, 5.74) is 0. The van der Waals surface area contributed by atoms with Crippen LogP contribution in [0.5, 0.6) is 0 Å². The first-order chi connectivity index (χ1) is 6.84. The number of Topliss-reactive ketones (excluding diaryl/α,β-unsaturated/α-hetero) is 1. The van der Waals surface area contributed by atoms with Gasteiger partial charge in [-0.05, 0) is 6.08 Å². The van der Waals surface area contributed by atoms with E-state index in [0.29, 0.717) is 12.2 Å². The second-order valence-corrected chi connectivity index (χ2v) is 4.24. The number of hydrogen-bond donors (Lipinski definition) is 0. The van der Waals surface area contributed by atoms with E-state index in [4.69, 9.17) is 0 Å². The molecule has 0 radical (unpaired) electrons. The van der Waals surface area contributed by atoms with Gasteiger partial charge in [0, 0.05) is 12.6 Å². The van der Waals surface area contributed by atoms with Gasteiger partial charge >= 0.3 is 0 Å².